The van der Waals surface area contributed by atoms with E-state index in [2.05, 4.69) is 24.0 Å². The lowest BCUT2D eigenvalue weighted by molar-refractivity contribution is -0.133. The lowest BCUT2D eigenvalue weighted by atomic mass is 9.74. The number of nitrogens with zero attached hydrogens (tertiary/aromatic N) is 1. The van der Waals surface area contributed by atoms with Crippen LogP contribution in [-0.4, -0.2) is 28.8 Å². The zero-order valence-corrected chi connectivity index (χ0v) is 17.7. The zero-order chi connectivity index (χ0) is 21.1. The van der Waals surface area contributed by atoms with E-state index in [9.17, 15) is 9.59 Å². The quantitative estimate of drug-likeness (QED) is 0.456. The highest BCUT2D eigenvalue weighted by Gasteiger charge is 2.38. The number of fused-ring (bicyclic) bond motifs is 1. The number of aromatic nitrogens is 1. The number of para-hydroxylation sites is 1. The number of aryl methyl sites for hydroxylation is 1. The average Bonchev–Trinajstić information content (AvgIpc) is 3.07. The molecule has 1 aliphatic carbocycles. The Labute approximate surface area is 177 Å². The second kappa shape index (κ2) is 8.78. The molecule has 4 rings (SSSR count). The molecule has 154 valence electrons. The molecule has 1 saturated carbocycles. The number of aliphatic imine (C=N–C) groups is 1. The van der Waals surface area contributed by atoms with Crippen molar-refractivity contribution in [1.82, 2.24) is 4.98 Å². The van der Waals surface area contributed by atoms with Crippen molar-refractivity contribution in [2.75, 3.05) is 6.54 Å². The van der Waals surface area contributed by atoms with Crippen molar-refractivity contribution in [2.45, 2.75) is 45.4 Å². The second-order valence-corrected chi connectivity index (χ2v) is 8.13. The van der Waals surface area contributed by atoms with Crippen molar-refractivity contribution < 1.29 is 9.59 Å². The van der Waals surface area contributed by atoms with Crippen LogP contribution in [0.2, 0.25) is 0 Å². The summed E-state index contributed by atoms with van der Waals surface area (Å²) in [5.74, 6) is -0.624. The van der Waals surface area contributed by atoms with E-state index >= 15 is 0 Å². The zero-order valence-electron chi connectivity index (χ0n) is 17.7. The number of ketones is 2. The highest BCUT2D eigenvalue weighted by Crippen LogP contribution is 2.33. The summed E-state index contributed by atoms with van der Waals surface area (Å²) in [7, 11) is 0. The van der Waals surface area contributed by atoms with Gasteiger partial charge in [-0.1, -0.05) is 55.5 Å². The molecule has 0 unspecified atom stereocenters. The highest BCUT2D eigenvalue weighted by atomic mass is 16.2. The van der Waals surface area contributed by atoms with Crippen LogP contribution in [0, 0.1) is 12.8 Å². The number of hydrogen-bond donors (Lipinski definition) is 1. The number of carbonyl (C=O) groups is 2. The molecule has 0 amide bonds. The minimum absolute atomic E-state index is 0.00516. The van der Waals surface area contributed by atoms with Crippen molar-refractivity contribution in [3.8, 4) is 0 Å². The Morgan fingerprint density at radius 3 is 2.37 bits per heavy atom. The molecule has 1 heterocycles. The smallest absolute Gasteiger partial charge is 0.149 e. The first-order valence-electron chi connectivity index (χ1n) is 10.8. The molecule has 4 heteroatoms. The van der Waals surface area contributed by atoms with Crippen LogP contribution in [0.1, 0.15) is 48.9 Å². The number of H-pyrrole nitrogens is 1. The standard InChI is InChI=1S/C26H28N2O2/c1-3-22(27-14-13-20-17(2)28-23-12-8-7-11-21(20)23)26-24(29)15-19(16-25(26)30)18-9-5-4-6-10-18/h4-12,19,26,28H,3,13-16H2,1-2H3. The van der Waals surface area contributed by atoms with Gasteiger partial charge in [0.25, 0.3) is 0 Å². The van der Waals surface area contributed by atoms with Gasteiger partial charge in [-0.05, 0) is 42.9 Å². The Morgan fingerprint density at radius 2 is 1.67 bits per heavy atom. The van der Waals surface area contributed by atoms with E-state index in [-0.39, 0.29) is 17.5 Å². The van der Waals surface area contributed by atoms with Gasteiger partial charge in [0, 0.05) is 41.7 Å². The minimum atomic E-state index is -0.654. The number of aromatic amines is 1. The van der Waals surface area contributed by atoms with Gasteiger partial charge in [0.15, 0.2) is 0 Å². The van der Waals surface area contributed by atoms with Crippen molar-refractivity contribution >= 4 is 28.2 Å². The number of benzene rings is 2. The van der Waals surface area contributed by atoms with E-state index in [4.69, 9.17) is 4.99 Å². The number of hydrogen-bond acceptors (Lipinski definition) is 3. The monoisotopic (exact) mass is 400 g/mol. The predicted octanol–water partition coefficient (Wildman–Crippen LogP) is 5.20. The third kappa shape index (κ3) is 4.00. The summed E-state index contributed by atoms with van der Waals surface area (Å²) in [6, 6.07) is 18.2. The third-order valence-corrected chi connectivity index (χ3v) is 6.21. The van der Waals surface area contributed by atoms with Crippen LogP contribution in [-0.2, 0) is 16.0 Å². The maximum atomic E-state index is 12.9. The molecule has 0 bridgehead atoms. The molecule has 4 nitrogen and oxygen atoms in total. The highest BCUT2D eigenvalue weighted by molar-refractivity contribution is 6.22. The summed E-state index contributed by atoms with van der Waals surface area (Å²) in [5.41, 5.74) is 5.36. The van der Waals surface area contributed by atoms with Crippen molar-refractivity contribution in [1.29, 1.82) is 0 Å². The topological polar surface area (TPSA) is 62.3 Å². The predicted molar refractivity (Wildman–Crippen MR) is 121 cm³/mol. The maximum Gasteiger partial charge on any atom is 0.149 e. The fourth-order valence-corrected chi connectivity index (χ4v) is 4.68. The van der Waals surface area contributed by atoms with Crippen LogP contribution in [0.15, 0.2) is 59.6 Å². The molecule has 1 N–H and O–H groups in total. The van der Waals surface area contributed by atoms with E-state index in [1.54, 1.807) is 0 Å². The van der Waals surface area contributed by atoms with Gasteiger partial charge in [-0.2, -0.15) is 0 Å². The summed E-state index contributed by atoms with van der Waals surface area (Å²) in [4.78, 5) is 34.0. The van der Waals surface area contributed by atoms with Crippen molar-refractivity contribution in [2.24, 2.45) is 10.9 Å². The third-order valence-electron chi connectivity index (χ3n) is 6.21. The number of Topliss-reactive ketones (excluding diaryl/α,β-unsaturated/α-hetero) is 2. The van der Waals surface area contributed by atoms with Gasteiger partial charge in [-0.3, -0.25) is 14.6 Å². The lowest BCUT2D eigenvalue weighted by Gasteiger charge is -2.27. The first-order valence-corrected chi connectivity index (χ1v) is 10.8. The largest absolute Gasteiger partial charge is 0.358 e. The molecular formula is C26H28N2O2. The second-order valence-electron chi connectivity index (χ2n) is 8.13. The minimum Gasteiger partial charge on any atom is -0.358 e. The van der Waals surface area contributed by atoms with Gasteiger partial charge in [0.05, 0.1) is 0 Å². The van der Waals surface area contributed by atoms with E-state index in [0.29, 0.717) is 25.8 Å². The van der Waals surface area contributed by atoms with Gasteiger partial charge in [-0.25, -0.2) is 0 Å². The van der Waals surface area contributed by atoms with E-state index in [0.717, 1.165) is 28.9 Å². The molecule has 1 aliphatic rings. The number of rotatable bonds is 6. The van der Waals surface area contributed by atoms with Gasteiger partial charge in [0.1, 0.15) is 17.5 Å². The van der Waals surface area contributed by atoms with E-state index in [1.165, 1.54) is 10.9 Å². The molecule has 1 aromatic heterocycles. The van der Waals surface area contributed by atoms with Crippen LogP contribution < -0.4 is 0 Å². The van der Waals surface area contributed by atoms with Crippen LogP contribution in [0.25, 0.3) is 10.9 Å². The maximum absolute atomic E-state index is 12.9. The van der Waals surface area contributed by atoms with Gasteiger partial charge < -0.3 is 4.98 Å². The average molecular weight is 401 g/mol. The van der Waals surface area contributed by atoms with Crippen molar-refractivity contribution in [3.63, 3.8) is 0 Å². The summed E-state index contributed by atoms with van der Waals surface area (Å²) in [6.45, 7) is 4.66. The van der Waals surface area contributed by atoms with Gasteiger partial charge in [-0.15, -0.1) is 0 Å². The number of carbonyl (C=O) groups excluding carboxylic acids is 2. The molecule has 30 heavy (non-hydrogen) atoms. The number of nitrogens with one attached hydrogen (secondary N) is 1. The lowest BCUT2D eigenvalue weighted by Crippen LogP contribution is -2.38. The summed E-state index contributed by atoms with van der Waals surface area (Å²) in [5, 5.41) is 1.22. The van der Waals surface area contributed by atoms with Crippen molar-refractivity contribution in [3.05, 3.63) is 71.4 Å². The Hall–Kier alpha value is -3.01. The molecule has 0 spiro atoms. The van der Waals surface area contributed by atoms with Crippen LogP contribution in [0.3, 0.4) is 0 Å². The molecule has 1 fully saturated rings. The molecule has 0 atom stereocenters. The first kappa shape index (κ1) is 20.3. The van der Waals surface area contributed by atoms with Gasteiger partial charge >= 0.3 is 0 Å². The summed E-state index contributed by atoms with van der Waals surface area (Å²) < 4.78 is 0. The molecule has 0 radical (unpaired) electrons. The van der Waals surface area contributed by atoms with E-state index < -0.39 is 5.92 Å². The first-order chi connectivity index (χ1) is 14.6. The molecule has 0 saturated heterocycles. The summed E-state index contributed by atoms with van der Waals surface area (Å²) in [6.07, 6.45) is 2.26. The Kier molecular flexibility index (Phi) is 5.93. The van der Waals surface area contributed by atoms with Crippen LogP contribution in [0.4, 0.5) is 0 Å². The Morgan fingerprint density at radius 1 is 1.00 bits per heavy atom. The molecule has 3 aromatic rings. The fourth-order valence-electron chi connectivity index (χ4n) is 4.68. The molecule has 0 aliphatic heterocycles. The van der Waals surface area contributed by atoms with Crippen LogP contribution in [0.5, 0.6) is 0 Å². The van der Waals surface area contributed by atoms with E-state index in [1.807, 2.05) is 49.4 Å². The Bertz CT molecular complexity index is 1080. The SMILES string of the molecule is CCC(=NCCc1c(C)[nH]c2ccccc12)C1C(=O)CC(c2ccccc2)CC1=O. The molecule has 2 aromatic carbocycles. The summed E-state index contributed by atoms with van der Waals surface area (Å²) >= 11 is 0. The van der Waals surface area contributed by atoms with Gasteiger partial charge in [0.2, 0.25) is 0 Å². The normalized spacial score (nSPS) is 20.1. The van der Waals surface area contributed by atoms with Crippen LogP contribution >= 0.6 is 0 Å². The fraction of sp³-hybridized carbons (Fsp3) is 0.346. The molecular weight excluding hydrogens is 372 g/mol. The Balaban J connectivity index is 1.48.